The van der Waals surface area contributed by atoms with Crippen LogP contribution in [0.5, 0.6) is 0 Å². The van der Waals surface area contributed by atoms with Crippen molar-refractivity contribution in [1.29, 1.82) is 0 Å². The van der Waals surface area contributed by atoms with Crippen LogP contribution in [0.25, 0.3) is 0 Å². The average molecular weight is 398 g/mol. The Morgan fingerprint density at radius 3 is 2.48 bits per heavy atom. The highest BCUT2D eigenvalue weighted by Crippen LogP contribution is 2.26. The molecule has 0 bridgehead atoms. The zero-order chi connectivity index (χ0) is 18.0. The van der Waals surface area contributed by atoms with Gasteiger partial charge in [0.1, 0.15) is 0 Å². The molecule has 0 aliphatic heterocycles. The topological polar surface area (TPSA) is 46.2 Å². The van der Waals surface area contributed by atoms with Crippen LogP contribution in [0.3, 0.4) is 0 Å². The lowest BCUT2D eigenvalue weighted by Gasteiger charge is -2.20. The highest BCUT2D eigenvalue weighted by Gasteiger charge is 2.19. The standard InChI is InChI=1S/C19H21Cl2NO2S/c1-13(15-7-6-14-4-2-3-5-16(14)10-15)22-25(23,24)12-17-8-9-18(20)11-19(17)21/h6-11,13,22H,2-5,12H2,1H3/t13-/m1/s1. The third-order valence-corrected chi connectivity index (χ3v) is 6.58. The molecule has 25 heavy (non-hydrogen) atoms. The van der Waals surface area contributed by atoms with E-state index >= 15 is 0 Å². The lowest BCUT2D eigenvalue weighted by Crippen LogP contribution is -2.28. The number of hydrogen-bond acceptors (Lipinski definition) is 2. The van der Waals surface area contributed by atoms with Gasteiger partial charge >= 0.3 is 0 Å². The van der Waals surface area contributed by atoms with Crippen molar-refractivity contribution in [2.24, 2.45) is 0 Å². The number of halogens is 2. The fourth-order valence-electron chi connectivity index (χ4n) is 3.25. The van der Waals surface area contributed by atoms with Crippen molar-refractivity contribution in [3.8, 4) is 0 Å². The monoisotopic (exact) mass is 397 g/mol. The molecule has 1 N–H and O–H groups in total. The summed E-state index contributed by atoms with van der Waals surface area (Å²) in [6.45, 7) is 1.87. The minimum absolute atomic E-state index is 0.168. The Morgan fingerprint density at radius 2 is 1.76 bits per heavy atom. The Labute approximate surface area is 159 Å². The van der Waals surface area contributed by atoms with Gasteiger partial charge in [0.25, 0.3) is 0 Å². The smallest absolute Gasteiger partial charge is 0.212 e. The van der Waals surface area contributed by atoms with E-state index in [1.807, 2.05) is 13.0 Å². The molecule has 134 valence electrons. The van der Waals surface area contributed by atoms with Gasteiger partial charge < -0.3 is 0 Å². The number of sulfonamides is 1. The van der Waals surface area contributed by atoms with Crippen LogP contribution < -0.4 is 4.72 Å². The molecule has 0 aromatic heterocycles. The summed E-state index contributed by atoms with van der Waals surface area (Å²) in [6, 6.07) is 10.8. The van der Waals surface area contributed by atoms with Gasteiger partial charge in [-0.25, -0.2) is 13.1 Å². The second-order valence-electron chi connectivity index (χ2n) is 6.57. The molecule has 6 heteroatoms. The van der Waals surface area contributed by atoms with Crippen molar-refractivity contribution in [2.75, 3.05) is 0 Å². The number of nitrogens with one attached hydrogen (secondary N) is 1. The number of fused-ring (bicyclic) bond motifs is 1. The van der Waals surface area contributed by atoms with Crippen LogP contribution in [0.2, 0.25) is 10.0 Å². The number of hydrogen-bond donors (Lipinski definition) is 1. The first-order valence-corrected chi connectivity index (χ1v) is 10.8. The zero-order valence-corrected chi connectivity index (χ0v) is 16.4. The summed E-state index contributed by atoms with van der Waals surface area (Å²) < 4.78 is 27.8. The lowest BCUT2D eigenvalue weighted by molar-refractivity contribution is 0.565. The number of aryl methyl sites for hydroxylation is 2. The van der Waals surface area contributed by atoms with Crippen molar-refractivity contribution in [2.45, 2.75) is 44.4 Å². The van der Waals surface area contributed by atoms with Gasteiger partial charge in [-0.1, -0.05) is 47.5 Å². The van der Waals surface area contributed by atoms with Crippen molar-refractivity contribution >= 4 is 33.2 Å². The molecule has 1 aliphatic rings. The van der Waals surface area contributed by atoms with Gasteiger partial charge in [0.2, 0.25) is 10.0 Å². The normalized spacial score (nSPS) is 15.6. The van der Waals surface area contributed by atoms with Crippen molar-refractivity contribution in [1.82, 2.24) is 4.72 Å². The fraction of sp³-hybridized carbons (Fsp3) is 0.368. The van der Waals surface area contributed by atoms with Crippen LogP contribution in [-0.2, 0) is 28.6 Å². The molecule has 2 aromatic rings. The van der Waals surface area contributed by atoms with Gasteiger partial charge in [0.05, 0.1) is 5.75 Å². The van der Waals surface area contributed by atoms with Crippen molar-refractivity contribution in [3.05, 3.63) is 68.7 Å². The van der Waals surface area contributed by atoms with E-state index in [1.165, 1.54) is 24.0 Å². The molecule has 2 aromatic carbocycles. The molecular formula is C19H21Cl2NO2S. The molecule has 1 atom stereocenters. The van der Waals surface area contributed by atoms with E-state index in [1.54, 1.807) is 18.2 Å². The molecule has 0 saturated heterocycles. The molecule has 3 rings (SSSR count). The van der Waals surface area contributed by atoms with Crippen LogP contribution >= 0.6 is 23.2 Å². The van der Waals surface area contributed by atoms with Gasteiger partial charge in [-0.3, -0.25) is 0 Å². The highest BCUT2D eigenvalue weighted by molar-refractivity contribution is 7.88. The number of benzene rings is 2. The van der Waals surface area contributed by atoms with E-state index in [0.29, 0.717) is 15.6 Å². The predicted molar refractivity (Wildman–Crippen MR) is 104 cm³/mol. The molecule has 1 aliphatic carbocycles. The second kappa shape index (κ2) is 7.67. The lowest BCUT2D eigenvalue weighted by atomic mass is 9.89. The quantitative estimate of drug-likeness (QED) is 0.766. The minimum Gasteiger partial charge on any atom is -0.212 e. The zero-order valence-electron chi connectivity index (χ0n) is 14.1. The Morgan fingerprint density at radius 1 is 1.04 bits per heavy atom. The Balaban J connectivity index is 1.73. The minimum atomic E-state index is -3.52. The van der Waals surface area contributed by atoms with E-state index in [0.717, 1.165) is 18.4 Å². The summed E-state index contributed by atoms with van der Waals surface area (Å²) in [4.78, 5) is 0. The largest absolute Gasteiger partial charge is 0.216 e. The predicted octanol–water partition coefficient (Wildman–Crippen LogP) is 5.05. The van der Waals surface area contributed by atoms with E-state index in [-0.39, 0.29) is 11.8 Å². The average Bonchev–Trinajstić information content (AvgIpc) is 2.56. The van der Waals surface area contributed by atoms with Gasteiger partial charge in [-0.2, -0.15) is 0 Å². The summed E-state index contributed by atoms with van der Waals surface area (Å²) in [5.41, 5.74) is 4.26. The van der Waals surface area contributed by atoms with Crippen molar-refractivity contribution in [3.63, 3.8) is 0 Å². The van der Waals surface area contributed by atoms with Crippen LogP contribution in [0.4, 0.5) is 0 Å². The summed E-state index contributed by atoms with van der Waals surface area (Å²) in [7, 11) is -3.52. The maximum Gasteiger partial charge on any atom is 0.216 e. The molecule has 0 amide bonds. The summed E-state index contributed by atoms with van der Waals surface area (Å²) >= 11 is 12.0. The molecule has 0 radical (unpaired) electrons. The molecule has 0 unspecified atom stereocenters. The first-order chi connectivity index (χ1) is 11.8. The first kappa shape index (κ1) is 18.7. The second-order valence-corrected chi connectivity index (χ2v) is 9.17. The van der Waals surface area contributed by atoms with E-state index in [9.17, 15) is 8.42 Å². The van der Waals surface area contributed by atoms with Crippen LogP contribution in [0.15, 0.2) is 36.4 Å². The van der Waals surface area contributed by atoms with Crippen LogP contribution in [0.1, 0.15) is 48.1 Å². The Kier molecular flexibility index (Phi) is 5.74. The molecule has 0 saturated carbocycles. The fourth-order valence-corrected chi connectivity index (χ4v) is 5.22. The molecule has 0 spiro atoms. The molecule has 0 heterocycles. The van der Waals surface area contributed by atoms with Crippen molar-refractivity contribution < 1.29 is 8.42 Å². The molecular weight excluding hydrogens is 377 g/mol. The van der Waals surface area contributed by atoms with Gasteiger partial charge in [-0.05, 0) is 67.0 Å². The molecule has 0 fully saturated rings. The summed E-state index contributed by atoms with van der Waals surface area (Å²) in [5.74, 6) is -0.168. The Bertz CT molecular complexity index is 881. The maximum absolute atomic E-state index is 12.5. The first-order valence-electron chi connectivity index (χ1n) is 8.40. The van der Waals surface area contributed by atoms with Gasteiger partial charge in [-0.15, -0.1) is 0 Å². The third-order valence-electron chi connectivity index (χ3n) is 4.59. The van der Waals surface area contributed by atoms with Gasteiger partial charge in [0, 0.05) is 16.1 Å². The van der Waals surface area contributed by atoms with Gasteiger partial charge in [0.15, 0.2) is 0 Å². The van der Waals surface area contributed by atoms with Crippen LogP contribution in [0, 0.1) is 0 Å². The highest BCUT2D eigenvalue weighted by atomic mass is 35.5. The summed E-state index contributed by atoms with van der Waals surface area (Å²) in [6.07, 6.45) is 4.62. The van der Waals surface area contributed by atoms with E-state index in [2.05, 4.69) is 16.9 Å². The van der Waals surface area contributed by atoms with E-state index in [4.69, 9.17) is 23.2 Å². The Hall–Kier alpha value is -1.07. The third kappa shape index (κ3) is 4.76. The van der Waals surface area contributed by atoms with Crippen LogP contribution in [-0.4, -0.2) is 8.42 Å². The SMILES string of the molecule is C[C@@H](NS(=O)(=O)Cc1ccc(Cl)cc1Cl)c1ccc2c(c1)CCCC2. The maximum atomic E-state index is 12.5. The number of rotatable bonds is 5. The summed E-state index contributed by atoms with van der Waals surface area (Å²) in [5, 5.41) is 0.848. The van der Waals surface area contributed by atoms with E-state index < -0.39 is 10.0 Å². The molecule has 3 nitrogen and oxygen atoms in total.